The monoisotopic (exact) mass is 488 g/mol. The van der Waals surface area contributed by atoms with Crippen LogP contribution in [0.1, 0.15) is 0 Å². The zero-order valence-electron chi connectivity index (χ0n) is 20.1. The van der Waals surface area contributed by atoms with E-state index in [1.54, 1.807) is 19.4 Å². The van der Waals surface area contributed by atoms with Crippen LogP contribution >= 0.6 is 0 Å². The molecular weight excluding hydrogens is 460 g/mol. The third kappa shape index (κ3) is 5.18. The molecule has 1 unspecified atom stereocenters. The Morgan fingerprint density at radius 2 is 1.97 bits per heavy atom. The van der Waals surface area contributed by atoms with Gasteiger partial charge in [0.15, 0.2) is 11.5 Å². The van der Waals surface area contributed by atoms with Crippen molar-refractivity contribution in [2.45, 2.75) is 6.10 Å². The van der Waals surface area contributed by atoms with Crippen LogP contribution in [-0.4, -0.2) is 84.0 Å². The van der Waals surface area contributed by atoms with Gasteiger partial charge in [0.05, 0.1) is 37.2 Å². The molecule has 2 N–H and O–H groups in total. The van der Waals surface area contributed by atoms with E-state index in [1.807, 2.05) is 30.3 Å². The fourth-order valence-corrected chi connectivity index (χ4v) is 4.43. The summed E-state index contributed by atoms with van der Waals surface area (Å²) in [5, 5.41) is 23.6. The third-order valence-corrected chi connectivity index (χ3v) is 6.33. The van der Waals surface area contributed by atoms with Crippen molar-refractivity contribution in [3.8, 4) is 28.9 Å². The fourth-order valence-electron chi connectivity index (χ4n) is 4.43. The maximum absolute atomic E-state index is 10.6. The highest BCUT2D eigenvalue weighted by Gasteiger charge is 2.20. The van der Waals surface area contributed by atoms with E-state index in [4.69, 9.17) is 19.2 Å². The number of piperazine rings is 1. The number of methoxy groups -OCH3 is 1. The second kappa shape index (κ2) is 10.8. The molecule has 0 bridgehead atoms. The van der Waals surface area contributed by atoms with E-state index in [2.05, 4.69) is 31.2 Å². The van der Waals surface area contributed by atoms with Crippen molar-refractivity contribution in [2.75, 3.05) is 58.3 Å². The van der Waals surface area contributed by atoms with Crippen LogP contribution in [0, 0.1) is 11.3 Å². The number of nitrogens with one attached hydrogen (secondary N) is 1. The molecule has 1 fully saturated rings. The molecule has 1 atom stereocenters. The lowest BCUT2D eigenvalue weighted by Crippen LogP contribution is -2.49. The molecule has 1 saturated heterocycles. The first-order valence-corrected chi connectivity index (χ1v) is 11.8. The van der Waals surface area contributed by atoms with Crippen molar-refractivity contribution in [1.82, 2.24) is 19.8 Å². The molecule has 1 aromatic heterocycles. The Balaban J connectivity index is 1.27. The average Bonchev–Trinajstić information content (AvgIpc) is 3.31. The van der Waals surface area contributed by atoms with Gasteiger partial charge < -0.3 is 24.3 Å². The number of nitriles is 1. The third-order valence-electron chi connectivity index (χ3n) is 6.33. The average molecular weight is 489 g/mol. The first kappa shape index (κ1) is 23.8. The van der Waals surface area contributed by atoms with Gasteiger partial charge in [-0.3, -0.25) is 9.80 Å². The molecule has 0 saturated carbocycles. The predicted octanol–water partition coefficient (Wildman–Crippen LogP) is 2.96. The van der Waals surface area contributed by atoms with Crippen LogP contribution < -0.4 is 14.8 Å². The minimum atomic E-state index is -0.661. The van der Waals surface area contributed by atoms with Gasteiger partial charge in [-0.2, -0.15) is 5.26 Å². The van der Waals surface area contributed by atoms with Crippen LogP contribution in [0.3, 0.4) is 0 Å². The lowest BCUT2D eigenvalue weighted by molar-refractivity contribution is 0.0478. The molecule has 0 radical (unpaired) electrons. The van der Waals surface area contributed by atoms with Crippen LogP contribution in [0.5, 0.6) is 11.5 Å². The fraction of sp³-hybridized carbons (Fsp3) is 0.346. The smallest absolute Gasteiger partial charge is 0.163 e. The number of hydrogen-bond acceptors (Lipinski definition) is 10. The van der Waals surface area contributed by atoms with Crippen LogP contribution in [0.25, 0.3) is 22.2 Å². The van der Waals surface area contributed by atoms with Crippen molar-refractivity contribution in [2.24, 2.45) is 0 Å². The van der Waals surface area contributed by atoms with Crippen molar-refractivity contribution < 1.29 is 19.0 Å². The van der Waals surface area contributed by atoms with Crippen molar-refractivity contribution >= 4 is 22.4 Å². The first-order chi connectivity index (χ1) is 17.6. The number of nitrogens with zero attached hydrogens (tertiary/aromatic N) is 5. The molecule has 186 valence electrons. The Labute approximate surface area is 209 Å². The van der Waals surface area contributed by atoms with Gasteiger partial charge in [-0.25, -0.2) is 9.97 Å². The summed E-state index contributed by atoms with van der Waals surface area (Å²) in [5.74, 6) is 2.45. The number of aromatic nitrogens is 2. The maximum Gasteiger partial charge on any atom is 0.163 e. The minimum Gasteiger partial charge on any atom is -0.493 e. The second-order valence-electron chi connectivity index (χ2n) is 8.71. The summed E-state index contributed by atoms with van der Waals surface area (Å²) in [7, 11) is 1.58. The number of aliphatic hydroxyl groups excluding tert-OH is 1. The van der Waals surface area contributed by atoms with Crippen LogP contribution in [0.4, 0.5) is 11.5 Å². The highest BCUT2D eigenvalue weighted by molar-refractivity contribution is 5.94. The second-order valence-corrected chi connectivity index (χ2v) is 8.71. The molecule has 10 heteroatoms. The van der Waals surface area contributed by atoms with E-state index in [-0.39, 0.29) is 6.61 Å². The largest absolute Gasteiger partial charge is 0.493 e. The van der Waals surface area contributed by atoms with Crippen LogP contribution in [-0.2, 0) is 0 Å². The Kier molecular flexibility index (Phi) is 7.13. The zero-order valence-corrected chi connectivity index (χ0v) is 20.1. The van der Waals surface area contributed by atoms with Gasteiger partial charge in [-0.15, -0.1) is 0 Å². The summed E-state index contributed by atoms with van der Waals surface area (Å²) >= 11 is 0. The van der Waals surface area contributed by atoms with Crippen molar-refractivity contribution in [3.05, 3.63) is 49.0 Å². The van der Waals surface area contributed by atoms with E-state index < -0.39 is 6.10 Å². The molecule has 0 amide bonds. The summed E-state index contributed by atoms with van der Waals surface area (Å²) in [6, 6.07) is 13.5. The van der Waals surface area contributed by atoms with Gasteiger partial charge in [0.1, 0.15) is 30.6 Å². The quantitative estimate of drug-likeness (QED) is 0.340. The normalized spacial score (nSPS) is 15.6. The topological polar surface area (TPSA) is 120 Å². The molecule has 2 aliphatic heterocycles. The maximum atomic E-state index is 10.6. The minimum absolute atomic E-state index is 0.124. The van der Waals surface area contributed by atoms with E-state index in [0.717, 1.165) is 48.6 Å². The molecule has 5 rings (SSSR count). The molecule has 1 aliphatic carbocycles. The number of anilines is 2. The van der Waals surface area contributed by atoms with Crippen LogP contribution in [0.2, 0.25) is 0 Å². The van der Waals surface area contributed by atoms with E-state index in [1.165, 1.54) is 6.33 Å². The first-order valence-electron chi connectivity index (χ1n) is 11.8. The van der Waals surface area contributed by atoms with Crippen molar-refractivity contribution in [3.63, 3.8) is 0 Å². The SMILES string of the molecule is COc1cc2c(Nc3ccc4occcc3-4)ncnc2cc1OCC(O)CN1CCN(CC#N)CC1. The molecule has 3 aliphatic rings. The molecule has 2 aromatic rings. The Morgan fingerprint density at radius 3 is 2.78 bits per heavy atom. The number of ether oxygens (including phenoxy) is 2. The van der Waals surface area contributed by atoms with Gasteiger partial charge in [0.25, 0.3) is 0 Å². The summed E-state index contributed by atoms with van der Waals surface area (Å²) in [5.41, 5.74) is 2.52. The Bertz CT molecular complexity index is 1330. The lowest BCUT2D eigenvalue weighted by atomic mass is 10.2. The highest BCUT2D eigenvalue weighted by atomic mass is 16.5. The summed E-state index contributed by atoms with van der Waals surface area (Å²) < 4.78 is 17.1. The molecule has 0 spiro atoms. The van der Waals surface area contributed by atoms with Crippen LogP contribution in [0.15, 0.2) is 53.4 Å². The summed E-state index contributed by atoms with van der Waals surface area (Å²) in [6.45, 7) is 4.36. The van der Waals surface area contributed by atoms with Gasteiger partial charge in [-0.1, -0.05) is 0 Å². The van der Waals surface area contributed by atoms with Gasteiger partial charge in [0, 0.05) is 49.7 Å². The van der Waals surface area contributed by atoms with Gasteiger partial charge in [0.2, 0.25) is 0 Å². The summed E-state index contributed by atoms with van der Waals surface area (Å²) in [6.07, 6.45) is 2.48. The van der Waals surface area contributed by atoms with E-state index in [9.17, 15) is 5.11 Å². The number of fused-ring (bicyclic) bond motifs is 2. The van der Waals surface area contributed by atoms with Gasteiger partial charge in [-0.05, 0) is 30.3 Å². The molecule has 3 heterocycles. The number of aliphatic hydroxyl groups is 1. The highest BCUT2D eigenvalue weighted by Crippen LogP contribution is 2.37. The molecule has 1 aromatic carbocycles. The number of β-amino-alcohol motifs (C(OH)–C–C–N with tert-alkyl or cyclic N) is 1. The molecule has 10 nitrogen and oxygen atoms in total. The number of rotatable bonds is 9. The summed E-state index contributed by atoms with van der Waals surface area (Å²) in [4.78, 5) is 13.1. The van der Waals surface area contributed by atoms with Gasteiger partial charge >= 0.3 is 0 Å². The standard InChI is InChI=1S/C26H28N6O4/c1-34-24-13-20-22(28-17-29-26(20)30-21-4-5-23-19(21)3-2-12-35-23)14-25(24)36-16-18(33)15-32-10-8-31(7-6-27)9-11-32/h2-5,12-14,17-18,33H,7-11,15-16H2,1H3,(H,28,29,30). The predicted molar refractivity (Wildman–Crippen MR) is 135 cm³/mol. The Morgan fingerprint density at radius 1 is 1.14 bits per heavy atom. The number of benzene rings is 1. The molecule has 36 heavy (non-hydrogen) atoms. The molecular formula is C26H28N6O4. The van der Waals surface area contributed by atoms with E-state index >= 15 is 0 Å². The zero-order chi connectivity index (χ0) is 24.9. The van der Waals surface area contributed by atoms with Crippen molar-refractivity contribution in [1.29, 1.82) is 5.26 Å². The number of hydrogen-bond donors (Lipinski definition) is 2. The Hall–Kier alpha value is -3.91. The van der Waals surface area contributed by atoms with E-state index in [0.29, 0.717) is 35.9 Å². The lowest BCUT2D eigenvalue weighted by Gasteiger charge is -2.34.